The molecule has 8 heteroatoms. The molecule has 0 spiro atoms. The Balaban J connectivity index is 1.45. The molecule has 0 unspecified atom stereocenters. The second kappa shape index (κ2) is 6.94. The quantitative estimate of drug-likeness (QED) is 0.635. The van der Waals surface area contributed by atoms with Crippen molar-refractivity contribution >= 4 is 28.7 Å². The van der Waals surface area contributed by atoms with Gasteiger partial charge in [-0.05, 0) is 37.1 Å². The first-order valence-corrected chi connectivity index (χ1v) is 10.2. The molecule has 3 aromatic rings. The summed E-state index contributed by atoms with van der Waals surface area (Å²) >= 11 is 1.24. The average molecular weight is 395 g/mol. The van der Waals surface area contributed by atoms with E-state index < -0.39 is 5.95 Å². The van der Waals surface area contributed by atoms with Crippen LogP contribution < -0.4 is 9.80 Å². The van der Waals surface area contributed by atoms with Crippen molar-refractivity contribution in [3.63, 3.8) is 0 Å². The zero-order valence-corrected chi connectivity index (χ0v) is 16.0. The first kappa shape index (κ1) is 17.2. The molecule has 142 valence electrons. The van der Waals surface area contributed by atoms with E-state index in [1.165, 1.54) is 11.3 Å². The normalized spacial score (nSPS) is 16.5. The molecule has 1 saturated heterocycles. The Labute approximate surface area is 165 Å². The monoisotopic (exact) mass is 395 g/mol. The SMILES string of the molecule is O=C1c2sc(-c3ccc(N4CCCC4)nc3F)nc2CCN1c1ccncc1. The van der Waals surface area contributed by atoms with Crippen LogP contribution in [0.1, 0.15) is 28.2 Å². The van der Waals surface area contributed by atoms with Crippen molar-refractivity contribution in [3.05, 3.63) is 53.2 Å². The lowest BCUT2D eigenvalue weighted by molar-refractivity contribution is 0.0984. The topological polar surface area (TPSA) is 62.2 Å². The number of hydrogen-bond acceptors (Lipinski definition) is 6. The van der Waals surface area contributed by atoms with Crippen LogP contribution in [-0.4, -0.2) is 40.5 Å². The molecule has 0 bridgehead atoms. The minimum atomic E-state index is -0.533. The fraction of sp³-hybridized carbons (Fsp3) is 0.300. The van der Waals surface area contributed by atoms with Crippen LogP contribution in [0.4, 0.5) is 15.9 Å². The summed E-state index contributed by atoms with van der Waals surface area (Å²) in [7, 11) is 0. The summed E-state index contributed by atoms with van der Waals surface area (Å²) in [6.07, 6.45) is 6.19. The van der Waals surface area contributed by atoms with Gasteiger partial charge in [-0.25, -0.2) is 9.97 Å². The Kier molecular flexibility index (Phi) is 4.27. The summed E-state index contributed by atoms with van der Waals surface area (Å²) in [6.45, 7) is 2.38. The predicted octanol–water partition coefficient (Wildman–Crippen LogP) is 3.54. The van der Waals surface area contributed by atoms with E-state index in [2.05, 4.69) is 19.9 Å². The molecule has 5 rings (SSSR count). The zero-order chi connectivity index (χ0) is 19.1. The number of carbonyl (C=O) groups is 1. The van der Waals surface area contributed by atoms with Crippen molar-refractivity contribution in [1.29, 1.82) is 0 Å². The highest BCUT2D eigenvalue weighted by Gasteiger charge is 2.30. The molecular formula is C20H18FN5OS. The lowest BCUT2D eigenvalue weighted by atomic mass is 10.1. The van der Waals surface area contributed by atoms with Gasteiger partial charge in [-0.2, -0.15) is 4.39 Å². The summed E-state index contributed by atoms with van der Waals surface area (Å²) in [5.74, 6) is 0.0344. The van der Waals surface area contributed by atoms with Crippen molar-refractivity contribution in [2.75, 3.05) is 29.4 Å². The Morgan fingerprint density at radius 3 is 2.54 bits per heavy atom. The van der Waals surface area contributed by atoms with Gasteiger partial charge in [0.15, 0.2) is 0 Å². The number of amides is 1. The van der Waals surface area contributed by atoms with E-state index >= 15 is 0 Å². The Morgan fingerprint density at radius 2 is 1.79 bits per heavy atom. The van der Waals surface area contributed by atoms with Crippen LogP contribution in [-0.2, 0) is 6.42 Å². The molecule has 3 aromatic heterocycles. The molecule has 28 heavy (non-hydrogen) atoms. The Morgan fingerprint density at radius 1 is 1.00 bits per heavy atom. The van der Waals surface area contributed by atoms with Crippen LogP contribution in [0.15, 0.2) is 36.7 Å². The van der Waals surface area contributed by atoms with Gasteiger partial charge in [0.05, 0.1) is 11.3 Å². The molecule has 0 aromatic carbocycles. The fourth-order valence-electron chi connectivity index (χ4n) is 3.72. The van der Waals surface area contributed by atoms with E-state index in [1.54, 1.807) is 23.4 Å². The van der Waals surface area contributed by atoms with Gasteiger partial charge < -0.3 is 9.80 Å². The number of nitrogens with zero attached hydrogens (tertiary/aromatic N) is 5. The summed E-state index contributed by atoms with van der Waals surface area (Å²) in [4.78, 5) is 30.0. The van der Waals surface area contributed by atoms with Gasteiger partial charge in [0.25, 0.3) is 5.91 Å². The van der Waals surface area contributed by atoms with Gasteiger partial charge in [-0.1, -0.05) is 0 Å². The minimum absolute atomic E-state index is 0.0988. The van der Waals surface area contributed by atoms with Gasteiger partial charge in [-0.15, -0.1) is 11.3 Å². The molecule has 5 heterocycles. The highest BCUT2D eigenvalue weighted by molar-refractivity contribution is 7.17. The largest absolute Gasteiger partial charge is 0.357 e. The van der Waals surface area contributed by atoms with E-state index in [1.807, 2.05) is 18.2 Å². The molecule has 2 aliphatic rings. The highest BCUT2D eigenvalue weighted by Crippen LogP contribution is 2.34. The fourth-order valence-corrected chi connectivity index (χ4v) is 4.80. The lowest BCUT2D eigenvalue weighted by Crippen LogP contribution is -2.36. The zero-order valence-electron chi connectivity index (χ0n) is 15.1. The molecular weight excluding hydrogens is 377 g/mol. The smallest absolute Gasteiger partial charge is 0.270 e. The van der Waals surface area contributed by atoms with E-state index in [4.69, 9.17) is 0 Å². The standard InChI is InChI=1S/C20H18FN5OS/c21-18-14(3-4-16(24-18)25-10-1-2-11-25)19-23-15-7-12-26(20(27)17(15)28-19)13-5-8-22-9-6-13/h3-6,8-9H,1-2,7,10-12H2. The number of hydrogen-bond donors (Lipinski definition) is 0. The molecule has 0 atom stereocenters. The van der Waals surface area contributed by atoms with Crippen LogP contribution in [0.25, 0.3) is 10.6 Å². The van der Waals surface area contributed by atoms with E-state index in [0.717, 1.165) is 37.3 Å². The maximum absolute atomic E-state index is 14.7. The molecule has 0 radical (unpaired) electrons. The van der Waals surface area contributed by atoms with E-state index in [-0.39, 0.29) is 5.91 Å². The Bertz CT molecular complexity index is 1030. The second-order valence-corrected chi connectivity index (χ2v) is 7.91. The molecule has 1 fully saturated rings. The number of aromatic nitrogens is 3. The van der Waals surface area contributed by atoms with Crippen LogP contribution in [0.2, 0.25) is 0 Å². The van der Waals surface area contributed by atoms with Gasteiger partial charge in [0.2, 0.25) is 5.95 Å². The Hall–Kier alpha value is -2.87. The molecule has 0 aliphatic carbocycles. The predicted molar refractivity (Wildman–Crippen MR) is 106 cm³/mol. The third kappa shape index (κ3) is 2.93. The highest BCUT2D eigenvalue weighted by atomic mass is 32.1. The maximum atomic E-state index is 14.7. The number of fused-ring (bicyclic) bond motifs is 1. The van der Waals surface area contributed by atoms with Crippen LogP contribution in [0, 0.1) is 5.95 Å². The third-order valence-electron chi connectivity index (χ3n) is 5.18. The number of pyridine rings is 2. The maximum Gasteiger partial charge on any atom is 0.270 e. The van der Waals surface area contributed by atoms with Crippen LogP contribution in [0.5, 0.6) is 0 Å². The molecule has 0 saturated carbocycles. The molecule has 2 aliphatic heterocycles. The van der Waals surface area contributed by atoms with Crippen LogP contribution in [0.3, 0.4) is 0 Å². The second-order valence-electron chi connectivity index (χ2n) is 6.91. The lowest BCUT2D eigenvalue weighted by Gasteiger charge is -2.25. The van der Waals surface area contributed by atoms with Gasteiger partial charge >= 0.3 is 0 Å². The van der Waals surface area contributed by atoms with Crippen molar-refractivity contribution in [2.24, 2.45) is 0 Å². The number of thiazole rings is 1. The minimum Gasteiger partial charge on any atom is -0.357 e. The summed E-state index contributed by atoms with van der Waals surface area (Å²) in [6, 6.07) is 7.19. The van der Waals surface area contributed by atoms with Gasteiger partial charge in [0, 0.05) is 44.1 Å². The first-order valence-electron chi connectivity index (χ1n) is 9.34. The number of anilines is 2. The van der Waals surface area contributed by atoms with Crippen molar-refractivity contribution in [2.45, 2.75) is 19.3 Å². The summed E-state index contributed by atoms with van der Waals surface area (Å²) in [5, 5.41) is 0.507. The summed E-state index contributed by atoms with van der Waals surface area (Å²) in [5.41, 5.74) is 1.90. The van der Waals surface area contributed by atoms with Gasteiger partial charge in [0.1, 0.15) is 15.7 Å². The van der Waals surface area contributed by atoms with E-state index in [0.29, 0.717) is 34.2 Å². The van der Waals surface area contributed by atoms with Crippen molar-refractivity contribution < 1.29 is 9.18 Å². The molecule has 0 N–H and O–H groups in total. The van der Waals surface area contributed by atoms with Crippen molar-refractivity contribution in [3.8, 4) is 10.6 Å². The third-order valence-corrected chi connectivity index (χ3v) is 6.30. The first-order chi connectivity index (χ1) is 13.7. The number of carbonyl (C=O) groups excluding carboxylic acids is 1. The van der Waals surface area contributed by atoms with Crippen molar-refractivity contribution in [1.82, 2.24) is 15.0 Å². The van der Waals surface area contributed by atoms with Crippen LogP contribution >= 0.6 is 11.3 Å². The number of halogens is 1. The van der Waals surface area contributed by atoms with E-state index in [9.17, 15) is 9.18 Å². The molecule has 6 nitrogen and oxygen atoms in total. The van der Waals surface area contributed by atoms with Gasteiger partial charge in [-0.3, -0.25) is 9.78 Å². The number of rotatable bonds is 3. The summed E-state index contributed by atoms with van der Waals surface area (Å²) < 4.78 is 14.7. The average Bonchev–Trinajstić information content (AvgIpc) is 3.39. The molecule has 1 amide bonds.